The van der Waals surface area contributed by atoms with E-state index in [9.17, 15) is 9.59 Å². The number of rotatable bonds is 3. The minimum Gasteiger partial charge on any atom is -0.326 e. The summed E-state index contributed by atoms with van der Waals surface area (Å²) in [5, 5.41) is 5.99. The molecule has 0 unspecified atom stereocenters. The van der Waals surface area contributed by atoms with Crippen molar-refractivity contribution in [3.63, 3.8) is 0 Å². The summed E-state index contributed by atoms with van der Waals surface area (Å²) in [6, 6.07) is 23.8. The molecule has 0 aromatic heterocycles. The van der Waals surface area contributed by atoms with Gasteiger partial charge in [0.15, 0.2) is 0 Å². The first kappa shape index (κ1) is 19.4. The molecule has 2 N–H and O–H groups in total. The highest BCUT2D eigenvalue weighted by atomic mass is 16.2. The zero-order valence-corrected chi connectivity index (χ0v) is 17.3. The number of para-hydroxylation sites is 1. The molecule has 156 valence electrons. The number of nitrogens with one attached hydrogen (secondary N) is 2. The van der Waals surface area contributed by atoms with Crippen molar-refractivity contribution in [2.45, 2.75) is 19.3 Å². The summed E-state index contributed by atoms with van der Waals surface area (Å²) in [6.07, 6.45) is 2.50. The number of benzene rings is 3. The maximum atomic E-state index is 12.9. The third kappa shape index (κ3) is 4.04. The van der Waals surface area contributed by atoms with Gasteiger partial charge in [0, 0.05) is 24.5 Å². The standard InChI is InChI=1S/C26H25N3O2/c30-25(19-8-6-14-29(17-19)26(31)28-21-9-2-1-3-10-21)27-22-12-13-24-20(16-22)15-18-7-4-5-11-23(18)24/h1-5,7,9-13,16,19H,6,8,14-15,17H2,(H,27,30)(H,28,31)/t19-/m1/s1. The van der Waals surface area contributed by atoms with Gasteiger partial charge in [-0.15, -0.1) is 0 Å². The normalized spacial score (nSPS) is 16.9. The SMILES string of the molecule is O=C(Nc1ccc2c(c1)Cc1ccccc1-2)[C@@H]1CCCN(C(=O)Nc2ccccc2)C1. The fourth-order valence-corrected chi connectivity index (χ4v) is 4.57. The first-order valence-corrected chi connectivity index (χ1v) is 10.8. The van der Waals surface area contributed by atoms with Gasteiger partial charge in [-0.1, -0.05) is 48.5 Å². The van der Waals surface area contributed by atoms with Crippen molar-refractivity contribution >= 4 is 23.3 Å². The average molecular weight is 412 g/mol. The molecule has 1 fully saturated rings. The number of likely N-dealkylation sites (tertiary alicyclic amines) is 1. The summed E-state index contributed by atoms with van der Waals surface area (Å²) in [7, 11) is 0. The lowest BCUT2D eigenvalue weighted by atomic mass is 9.97. The van der Waals surface area contributed by atoms with Gasteiger partial charge in [-0.3, -0.25) is 4.79 Å². The third-order valence-corrected chi connectivity index (χ3v) is 6.17. The van der Waals surface area contributed by atoms with Gasteiger partial charge in [-0.2, -0.15) is 0 Å². The zero-order chi connectivity index (χ0) is 21.2. The van der Waals surface area contributed by atoms with Gasteiger partial charge < -0.3 is 15.5 Å². The molecule has 2 aliphatic rings. The second-order valence-corrected chi connectivity index (χ2v) is 8.28. The highest BCUT2D eigenvalue weighted by Crippen LogP contribution is 2.37. The highest BCUT2D eigenvalue weighted by molar-refractivity contribution is 5.95. The Morgan fingerprint density at radius 3 is 2.45 bits per heavy atom. The number of urea groups is 1. The molecule has 1 heterocycles. The van der Waals surface area contributed by atoms with Gasteiger partial charge >= 0.3 is 6.03 Å². The molecule has 3 aromatic rings. The summed E-state index contributed by atoms with van der Waals surface area (Å²) in [4.78, 5) is 27.3. The Balaban J connectivity index is 1.23. The molecule has 5 nitrogen and oxygen atoms in total. The van der Waals surface area contributed by atoms with Crippen molar-refractivity contribution in [3.05, 3.63) is 83.9 Å². The molecule has 0 bridgehead atoms. The predicted molar refractivity (Wildman–Crippen MR) is 123 cm³/mol. The van der Waals surface area contributed by atoms with Gasteiger partial charge in [0.25, 0.3) is 0 Å². The molecule has 5 rings (SSSR count). The second kappa shape index (κ2) is 8.26. The van der Waals surface area contributed by atoms with Crippen LogP contribution in [0.3, 0.4) is 0 Å². The lowest BCUT2D eigenvalue weighted by Crippen LogP contribution is -2.45. The maximum absolute atomic E-state index is 12.9. The molecule has 1 aliphatic carbocycles. The molecule has 0 spiro atoms. The van der Waals surface area contributed by atoms with Crippen LogP contribution in [0.1, 0.15) is 24.0 Å². The molecule has 0 radical (unpaired) electrons. The Morgan fingerprint density at radius 2 is 1.58 bits per heavy atom. The van der Waals surface area contributed by atoms with Crippen LogP contribution in [0.15, 0.2) is 72.8 Å². The minimum absolute atomic E-state index is 0.0207. The summed E-state index contributed by atoms with van der Waals surface area (Å²) in [5.41, 5.74) is 6.68. The Morgan fingerprint density at radius 1 is 0.806 bits per heavy atom. The van der Waals surface area contributed by atoms with Crippen LogP contribution in [0.2, 0.25) is 0 Å². The minimum atomic E-state index is -0.208. The zero-order valence-electron chi connectivity index (χ0n) is 17.3. The molecule has 1 aliphatic heterocycles. The quantitative estimate of drug-likeness (QED) is 0.490. The molecule has 5 heteroatoms. The molecule has 1 atom stereocenters. The Labute approximate surface area is 182 Å². The molecule has 0 saturated carbocycles. The van der Waals surface area contributed by atoms with Crippen LogP contribution in [0, 0.1) is 5.92 Å². The molecule has 3 amide bonds. The van der Waals surface area contributed by atoms with E-state index in [2.05, 4.69) is 47.0 Å². The summed E-state index contributed by atoms with van der Waals surface area (Å²) >= 11 is 0. The van der Waals surface area contributed by atoms with Crippen LogP contribution < -0.4 is 10.6 Å². The van der Waals surface area contributed by atoms with Crippen molar-refractivity contribution in [2.75, 3.05) is 23.7 Å². The Kier molecular flexibility index (Phi) is 5.16. The maximum Gasteiger partial charge on any atom is 0.321 e. The Bertz CT molecular complexity index is 1130. The van der Waals surface area contributed by atoms with Crippen LogP contribution in [-0.4, -0.2) is 29.9 Å². The third-order valence-electron chi connectivity index (χ3n) is 6.17. The van der Waals surface area contributed by atoms with Crippen LogP contribution in [0.25, 0.3) is 11.1 Å². The number of carbonyl (C=O) groups excluding carboxylic acids is 2. The number of amides is 3. The van der Waals surface area contributed by atoms with E-state index < -0.39 is 0 Å². The topological polar surface area (TPSA) is 61.4 Å². The number of fused-ring (bicyclic) bond motifs is 3. The van der Waals surface area contributed by atoms with E-state index in [-0.39, 0.29) is 17.9 Å². The van der Waals surface area contributed by atoms with Gasteiger partial charge in [-0.05, 0) is 65.8 Å². The predicted octanol–water partition coefficient (Wildman–Crippen LogP) is 5.14. The fraction of sp³-hybridized carbons (Fsp3) is 0.231. The molecular formula is C26H25N3O2. The summed E-state index contributed by atoms with van der Waals surface area (Å²) < 4.78 is 0. The van der Waals surface area contributed by atoms with Crippen molar-refractivity contribution in [1.29, 1.82) is 0 Å². The van der Waals surface area contributed by atoms with E-state index in [1.54, 1.807) is 4.90 Å². The molecule has 31 heavy (non-hydrogen) atoms. The van der Waals surface area contributed by atoms with Crippen LogP contribution >= 0.6 is 0 Å². The average Bonchev–Trinajstić information content (AvgIpc) is 3.17. The summed E-state index contributed by atoms with van der Waals surface area (Å²) in [6.45, 7) is 1.10. The van der Waals surface area contributed by atoms with Gasteiger partial charge in [0.1, 0.15) is 0 Å². The lowest BCUT2D eigenvalue weighted by Gasteiger charge is -2.32. The van der Waals surface area contributed by atoms with E-state index in [1.807, 2.05) is 36.4 Å². The number of hydrogen-bond donors (Lipinski definition) is 2. The van der Waals surface area contributed by atoms with E-state index >= 15 is 0 Å². The highest BCUT2D eigenvalue weighted by Gasteiger charge is 2.29. The van der Waals surface area contributed by atoms with E-state index in [0.717, 1.165) is 30.6 Å². The van der Waals surface area contributed by atoms with Gasteiger partial charge in [0.2, 0.25) is 5.91 Å². The monoisotopic (exact) mass is 411 g/mol. The summed E-state index contributed by atoms with van der Waals surface area (Å²) in [5.74, 6) is -0.228. The van der Waals surface area contributed by atoms with Crippen LogP contribution in [0.4, 0.5) is 16.2 Å². The van der Waals surface area contributed by atoms with Crippen molar-refractivity contribution in [1.82, 2.24) is 4.90 Å². The van der Waals surface area contributed by atoms with Crippen molar-refractivity contribution in [3.8, 4) is 11.1 Å². The molecular weight excluding hydrogens is 386 g/mol. The largest absolute Gasteiger partial charge is 0.326 e. The molecule has 3 aromatic carbocycles. The van der Waals surface area contributed by atoms with E-state index in [1.165, 1.54) is 22.3 Å². The van der Waals surface area contributed by atoms with Crippen LogP contribution in [-0.2, 0) is 11.2 Å². The first-order valence-electron chi connectivity index (χ1n) is 10.8. The number of piperidine rings is 1. The second-order valence-electron chi connectivity index (χ2n) is 8.28. The smallest absolute Gasteiger partial charge is 0.321 e. The number of hydrogen-bond acceptors (Lipinski definition) is 2. The van der Waals surface area contributed by atoms with Crippen molar-refractivity contribution < 1.29 is 9.59 Å². The van der Waals surface area contributed by atoms with E-state index in [0.29, 0.717) is 13.1 Å². The number of anilines is 2. The lowest BCUT2D eigenvalue weighted by molar-refractivity contribution is -0.121. The van der Waals surface area contributed by atoms with Crippen molar-refractivity contribution in [2.24, 2.45) is 5.92 Å². The fourth-order valence-electron chi connectivity index (χ4n) is 4.57. The Hall–Kier alpha value is -3.60. The number of carbonyl (C=O) groups is 2. The number of nitrogens with zero attached hydrogens (tertiary/aromatic N) is 1. The van der Waals surface area contributed by atoms with E-state index in [4.69, 9.17) is 0 Å². The molecule has 1 saturated heterocycles. The van der Waals surface area contributed by atoms with Crippen LogP contribution in [0.5, 0.6) is 0 Å². The van der Waals surface area contributed by atoms with Gasteiger partial charge in [-0.25, -0.2) is 4.79 Å². The van der Waals surface area contributed by atoms with Gasteiger partial charge in [0.05, 0.1) is 5.92 Å². The first-order chi connectivity index (χ1) is 15.2.